The molecule has 0 bridgehead atoms. The average molecular weight is 668 g/mol. The molecule has 0 unspecified atom stereocenters. The molecule has 238 valence electrons. The first-order chi connectivity index (χ1) is 25.3. The van der Waals surface area contributed by atoms with Crippen LogP contribution in [-0.2, 0) is 0 Å². The predicted molar refractivity (Wildman–Crippen MR) is 217 cm³/mol. The van der Waals surface area contributed by atoms with Crippen LogP contribution < -0.4 is 0 Å². The molecular weight excluding hydrogens is 639 g/mol. The summed E-state index contributed by atoms with van der Waals surface area (Å²) < 4.78 is 12.1. The second-order valence-electron chi connectivity index (χ2n) is 13.3. The molecule has 0 aliphatic rings. The number of nitrogens with zero attached hydrogens (tertiary/aromatic N) is 1. The van der Waals surface area contributed by atoms with Crippen molar-refractivity contribution in [1.29, 1.82) is 0 Å². The fourth-order valence-electron chi connectivity index (χ4n) is 8.01. The van der Waals surface area contributed by atoms with Crippen LogP contribution in [0.5, 0.6) is 0 Å². The van der Waals surface area contributed by atoms with Gasteiger partial charge in [-0.05, 0) is 70.3 Å². The number of aromatic nitrogens is 1. The molecule has 0 amide bonds. The van der Waals surface area contributed by atoms with E-state index in [1.807, 2.05) is 11.3 Å². The van der Waals surface area contributed by atoms with Gasteiger partial charge >= 0.3 is 0 Å². The normalized spacial score (nSPS) is 11.9. The number of hydrogen-bond acceptors (Lipinski definition) is 2. The van der Waals surface area contributed by atoms with E-state index >= 15 is 0 Å². The SMILES string of the molecule is c1ccc(-c2ccc3c4ccccc4n(-c4cccc5c4oc4c(-c6ccccc6)cc(-c6ccc7c(c6)sc6ccccc67)cc45)c3c2)cc1. The van der Waals surface area contributed by atoms with Crippen LogP contribution in [0.2, 0.25) is 0 Å². The van der Waals surface area contributed by atoms with Crippen LogP contribution in [0.4, 0.5) is 0 Å². The van der Waals surface area contributed by atoms with E-state index in [4.69, 9.17) is 4.42 Å². The standard InChI is InChI=1S/C48H29NOS/c1-3-12-30(13-4-1)32-22-24-36-35-16-7-9-19-42(35)49(44(36)28-32)43-20-11-18-39-41-27-34(26-40(47(41)50-48(39)43)31-14-5-2-6-15-31)33-23-25-38-37-17-8-10-21-45(37)51-46(38)29-33/h1-29H. The molecule has 51 heavy (non-hydrogen) atoms. The summed E-state index contributed by atoms with van der Waals surface area (Å²) in [6.07, 6.45) is 0. The average Bonchev–Trinajstić information content (AvgIpc) is 3.87. The third-order valence-corrected chi connectivity index (χ3v) is 11.5. The molecule has 0 fully saturated rings. The van der Waals surface area contributed by atoms with Crippen molar-refractivity contribution in [1.82, 2.24) is 4.57 Å². The van der Waals surface area contributed by atoms with Crippen LogP contribution in [0.25, 0.3) is 103 Å². The van der Waals surface area contributed by atoms with E-state index in [1.165, 1.54) is 53.2 Å². The summed E-state index contributed by atoms with van der Waals surface area (Å²) >= 11 is 1.86. The number of fused-ring (bicyclic) bond motifs is 9. The lowest BCUT2D eigenvalue weighted by atomic mass is 9.95. The number of furan rings is 1. The molecule has 0 radical (unpaired) electrons. The van der Waals surface area contributed by atoms with Crippen LogP contribution >= 0.6 is 11.3 Å². The Balaban J connectivity index is 1.19. The summed E-state index contributed by atoms with van der Waals surface area (Å²) in [7, 11) is 0. The van der Waals surface area contributed by atoms with Crippen molar-refractivity contribution in [3.63, 3.8) is 0 Å². The van der Waals surface area contributed by atoms with Gasteiger partial charge in [-0.2, -0.15) is 0 Å². The first-order valence-corrected chi connectivity index (χ1v) is 18.2. The highest BCUT2D eigenvalue weighted by Crippen LogP contribution is 2.44. The van der Waals surface area contributed by atoms with Crippen molar-refractivity contribution in [2.24, 2.45) is 0 Å². The molecule has 3 aromatic heterocycles. The molecule has 0 atom stereocenters. The van der Waals surface area contributed by atoms with Crippen LogP contribution in [0.1, 0.15) is 0 Å². The van der Waals surface area contributed by atoms with E-state index in [1.54, 1.807) is 0 Å². The molecular formula is C48H29NOS. The van der Waals surface area contributed by atoms with Gasteiger partial charge in [0.25, 0.3) is 0 Å². The van der Waals surface area contributed by atoms with Gasteiger partial charge in [0.05, 0.1) is 16.7 Å². The topological polar surface area (TPSA) is 18.1 Å². The highest BCUT2D eigenvalue weighted by atomic mass is 32.1. The minimum atomic E-state index is 0.884. The van der Waals surface area contributed by atoms with E-state index in [9.17, 15) is 0 Å². The molecule has 0 aliphatic heterocycles. The summed E-state index contributed by atoms with van der Waals surface area (Å²) in [5.74, 6) is 0. The summed E-state index contributed by atoms with van der Waals surface area (Å²) in [5.41, 5.74) is 12.1. The molecule has 0 saturated carbocycles. The molecule has 0 aliphatic carbocycles. The van der Waals surface area contributed by atoms with E-state index in [-0.39, 0.29) is 0 Å². The lowest BCUT2D eigenvalue weighted by Crippen LogP contribution is -1.94. The lowest BCUT2D eigenvalue weighted by molar-refractivity contribution is 0.667. The first kappa shape index (κ1) is 28.4. The van der Waals surface area contributed by atoms with Gasteiger partial charge in [0.2, 0.25) is 0 Å². The third kappa shape index (κ3) is 4.35. The number of thiophene rings is 1. The zero-order chi connectivity index (χ0) is 33.5. The fourth-order valence-corrected chi connectivity index (χ4v) is 9.15. The van der Waals surface area contributed by atoms with Gasteiger partial charge in [-0.15, -0.1) is 11.3 Å². The maximum atomic E-state index is 7.09. The third-order valence-electron chi connectivity index (χ3n) is 10.4. The largest absolute Gasteiger partial charge is 0.453 e. The summed E-state index contributed by atoms with van der Waals surface area (Å²) in [6, 6.07) is 63.6. The Morgan fingerprint density at radius 3 is 1.84 bits per heavy atom. The zero-order valence-corrected chi connectivity index (χ0v) is 28.3. The van der Waals surface area contributed by atoms with Crippen molar-refractivity contribution in [2.75, 3.05) is 0 Å². The van der Waals surface area contributed by atoms with Crippen LogP contribution in [0, 0.1) is 0 Å². The van der Waals surface area contributed by atoms with E-state index in [2.05, 4.69) is 180 Å². The lowest BCUT2D eigenvalue weighted by Gasteiger charge is -2.09. The molecule has 0 spiro atoms. The molecule has 8 aromatic carbocycles. The van der Waals surface area contributed by atoms with Gasteiger partial charge in [0.15, 0.2) is 5.58 Å². The second-order valence-corrected chi connectivity index (χ2v) is 14.4. The van der Waals surface area contributed by atoms with E-state index in [0.29, 0.717) is 0 Å². The van der Waals surface area contributed by atoms with Crippen molar-refractivity contribution >= 4 is 75.3 Å². The Morgan fingerprint density at radius 1 is 0.353 bits per heavy atom. The summed E-state index contributed by atoms with van der Waals surface area (Å²) in [5, 5.41) is 7.30. The highest BCUT2D eigenvalue weighted by molar-refractivity contribution is 7.25. The van der Waals surface area contributed by atoms with E-state index in [0.717, 1.165) is 49.8 Å². The summed E-state index contributed by atoms with van der Waals surface area (Å²) in [6.45, 7) is 0. The van der Waals surface area contributed by atoms with Crippen LogP contribution in [-0.4, -0.2) is 4.57 Å². The quantitative estimate of drug-likeness (QED) is 0.183. The molecule has 11 aromatic rings. The predicted octanol–water partition coefficient (Wildman–Crippen LogP) is 14.1. The molecule has 0 saturated heterocycles. The van der Waals surface area contributed by atoms with Crippen molar-refractivity contribution < 1.29 is 4.42 Å². The zero-order valence-electron chi connectivity index (χ0n) is 27.5. The van der Waals surface area contributed by atoms with Gasteiger partial charge in [-0.3, -0.25) is 0 Å². The van der Waals surface area contributed by atoms with Gasteiger partial charge in [0.1, 0.15) is 5.58 Å². The Hall–Kier alpha value is -6.42. The number of benzene rings is 8. The Morgan fingerprint density at radius 2 is 1.00 bits per heavy atom. The Kier molecular flexibility index (Phi) is 6.16. The molecule has 11 rings (SSSR count). The van der Waals surface area contributed by atoms with Crippen LogP contribution in [0.15, 0.2) is 180 Å². The Labute approximate surface area is 298 Å². The molecule has 3 heteroatoms. The van der Waals surface area contributed by atoms with Gasteiger partial charge in [-0.25, -0.2) is 0 Å². The summed E-state index contributed by atoms with van der Waals surface area (Å²) in [4.78, 5) is 0. The van der Waals surface area contributed by atoms with Gasteiger partial charge in [-0.1, -0.05) is 133 Å². The van der Waals surface area contributed by atoms with Crippen LogP contribution in [0.3, 0.4) is 0 Å². The Bertz CT molecular complexity index is 3130. The maximum absolute atomic E-state index is 7.09. The fraction of sp³-hybridized carbons (Fsp3) is 0. The molecule has 2 nitrogen and oxygen atoms in total. The molecule has 0 N–H and O–H groups in total. The first-order valence-electron chi connectivity index (χ1n) is 17.3. The number of hydrogen-bond donors (Lipinski definition) is 0. The monoisotopic (exact) mass is 667 g/mol. The minimum Gasteiger partial charge on any atom is -0.453 e. The highest BCUT2D eigenvalue weighted by Gasteiger charge is 2.21. The molecule has 3 heterocycles. The van der Waals surface area contributed by atoms with E-state index < -0.39 is 0 Å². The number of para-hydroxylation sites is 2. The number of rotatable bonds is 4. The second kappa shape index (κ2) is 11.0. The van der Waals surface area contributed by atoms with Gasteiger partial charge < -0.3 is 8.98 Å². The van der Waals surface area contributed by atoms with Crippen molar-refractivity contribution in [3.05, 3.63) is 176 Å². The van der Waals surface area contributed by atoms with Crippen molar-refractivity contribution in [2.45, 2.75) is 0 Å². The minimum absolute atomic E-state index is 0.884. The van der Waals surface area contributed by atoms with Gasteiger partial charge in [0, 0.05) is 47.3 Å². The van der Waals surface area contributed by atoms with Crippen molar-refractivity contribution in [3.8, 4) is 39.1 Å². The maximum Gasteiger partial charge on any atom is 0.159 e. The smallest absolute Gasteiger partial charge is 0.159 e.